The maximum Gasteiger partial charge on any atom is 0.336 e. The molecule has 1 saturated carbocycles. The van der Waals surface area contributed by atoms with Crippen molar-refractivity contribution in [3.8, 4) is 17.2 Å². The van der Waals surface area contributed by atoms with Crippen LogP contribution in [0.4, 0.5) is 4.39 Å². The third kappa shape index (κ3) is 3.62. The van der Waals surface area contributed by atoms with Crippen molar-refractivity contribution in [1.82, 2.24) is 0 Å². The summed E-state index contributed by atoms with van der Waals surface area (Å²) in [6.45, 7) is 2.23. The summed E-state index contributed by atoms with van der Waals surface area (Å²) in [5, 5.41) is 18.4. The molecular formula is C22H22FNO2. The number of nitriles is 1. The van der Waals surface area contributed by atoms with Gasteiger partial charge in [-0.3, -0.25) is 0 Å². The zero-order chi connectivity index (χ0) is 18.7. The van der Waals surface area contributed by atoms with Gasteiger partial charge in [0, 0.05) is 0 Å². The molecule has 2 aromatic rings. The third-order valence-corrected chi connectivity index (χ3v) is 5.57. The van der Waals surface area contributed by atoms with Gasteiger partial charge < -0.3 is 5.11 Å². The number of rotatable bonds is 4. The van der Waals surface area contributed by atoms with E-state index in [1.807, 2.05) is 12.1 Å². The molecule has 2 aromatic carbocycles. The molecule has 1 aliphatic carbocycles. The molecule has 0 bridgehead atoms. The average Bonchev–Trinajstić information content (AvgIpc) is 2.67. The van der Waals surface area contributed by atoms with E-state index >= 15 is 0 Å². The molecule has 4 heteroatoms. The summed E-state index contributed by atoms with van der Waals surface area (Å²) in [6.07, 6.45) is 5.81. The number of halogens is 1. The standard InChI is InChI=1S/C22H22FNO2/c1-2-14-3-5-15(6-4-14)16-9-10-19(22(25)26)20(11-16)17-7-8-18(13-24)21(23)12-17/h7-12,14-15H,2-6H2,1H3,(H,25,26). The molecular weight excluding hydrogens is 329 g/mol. The Morgan fingerprint density at radius 1 is 1.19 bits per heavy atom. The summed E-state index contributed by atoms with van der Waals surface area (Å²) in [5.41, 5.74) is 2.23. The summed E-state index contributed by atoms with van der Waals surface area (Å²) >= 11 is 0. The lowest BCUT2D eigenvalue weighted by molar-refractivity contribution is 0.0697. The van der Waals surface area contributed by atoms with Gasteiger partial charge >= 0.3 is 5.97 Å². The number of aromatic carboxylic acids is 1. The van der Waals surface area contributed by atoms with Crippen LogP contribution >= 0.6 is 0 Å². The van der Waals surface area contributed by atoms with Crippen molar-refractivity contribution in [2.24, 2.45) is 5.92 Å². The molecule has 1 N–H and O–H groups in total. The van der Waals surface area contributed by atoms with Gasteiger partial charge in [-0.2, -0.15) is 5.26 Å². The summed E-state index contributed by atoms with van der Waals surface area (Å²) < 4.78 is 14.0. The predicted molar refractivity (Wildman–Crippen MR) is 98.5 cm³/mol. The van der Waals surface area contributed by atoms with E-state index < -0.39 is 11.8 Å². The smallest absolute Gasteiger partial charge is 0.336 e. The average molecular weight is 351 g/mol. The topological polar surface area (TPSA) is 61.1 Å². The van der Waals surface area contributed by atoms with Gasteiger partial charge in [-0.15, -0.1) is 0 Å². The third-order valence-electron chi connectivity index (χ3n) is 5.57. The summed E-state index contributed by atoms with van der Waals surface area (Å²) in [7, 11) is 0. The van der Waals surface area contributed by atoms with Crippen LogP contribution in [-0.2, 0) is 0 Å². The normalized spacial score (nSPS) is 19.7. The van der Waals surface area contributed by atoms with Gasteiger partial charge in [0.25, 0.3) is 0 Å². The molecule has 134 valence electrons. The number of benzene rings is 2. The van der Waals surface area contributed by atoms with Crippen molar-refractivity contribution >= 4 is 5.97 Å². The minimum atomic E-state index is -1.04. The molecule has 1 aliphatic rings. The quantitative estimate of drug-likeness (QED) is 0.763. The van der Waals surface area contributed by atoms with Crippen molar-refractivity contribution < 1.29 is 14.3 Å². The van der Waals surface area contributed by atoms with Gasteiger partial charge in [0.1, 0.15) is 11.9 Å². The van der Waals surface area contributed by atoms with Crippen LogP contribution in [-0.4, -0.2) is 11.1 Å². The highest BCUT2D eigenvalue weighted by atomic mass is 19.1. The van der Waals surface area contributed by atoms with Crippen molar-refractivity contribution in [2.45, 2.75) is 44.9 Å². The Labute approximate surface area is 153 Å². The largest absolute Gasteiger partial charge is 0.478 e. The molecule has 0 atom stereocenters. The van der Waals surface area contributed by atoms with E-state index in [1.54, 1.807) is 18.2 Å². The van der Waals surface area contributed by atoms with E-state index in [1.165, 1.54) is 31.4 Å². The summed E-state index contributed by atoms with van der Waals surface area (Å²) in [6, 6.07) is 11.5. The Hall–Kier alpha value is -2.67. The van der Waals surface area contributed by atoms with E-state index in [9.17, 15) is 14.3 Å². The molecule has 0 aliphatic heterocycles. The highest BCUT2D eigenvalue weighted by molar-refractivity contribution is 5.96. The van der Waals surface area contributed by atoms with E-state index in [0.29, 0.717) is 17.0 Å². The highest BCUT2D eigenvalue weighted by Gasteiger charge is 2.23. The Kier molecular flexibility index (Phi) is 5.37. The fourth-order valence-electron chi connectivity index (χ4n) is 3.92. The molecule has 1 fully saturated rings. The van der Waals surface area contributed by atoms with Crippen molar-refractivity contribution in [3.05, 3.63) is 58.9 Å². The number of hydrogen-bond acceptors (Lipinski definition) is 2. The SMILES string of the molecule is CCC1CCC(c2ccc(C(=O)O)c(-c3ccc(C#N)c(F)c3)c2)CC1. The first-order valence-corrected chi connectivity index (χ1v) is 9.10. The first-order chi connectivity index (χ1) is 12.5. The fraction of sp³-hybridized carbons (Fsp3) is 0.364. The minimum absolute atomic E-state index is 0.0420. The molecule has 3 nitrogen and oxygen atoms in total. The predicted octanol–water partition coefficient (Wildman–Crippen LogP) is 5.75. The van der Waals surface area contributed by atoms with Crippen molar-refractivity contribution in [2.75, 3.05) is 0 Å². The van der Waals surface area contributed by atoms with Crippen molar-refractivity contribution in [3.63, 3.8) is 0 Å². The Balaban J connectivity index is 1.99. The van der Waals surface area contributed by atoms with E-state index in [0.717, 1.165) is 24.3 Å². The number of nitrogens with zero attached hydrogens (tertiary/aromatic N) is 1. The molecule has 0 amide bonds. The van der Waals surface area contributed by atoms with Crippen molar-refractivity contribution in [1.29, 1.82) is 5.26 Å². The lowest BCUT2D eigenvalue weighted by atomic mass is 9.77. The van der Waals surface area contributed by atoms with Crippen LogP contribution in [0.3, 0.4) is 0 Å². The van der Waals surface area contributed by atoms with E-state index in [4.69, 9.17) is 5.26 Å². The zero-order valence-electron chi connectivity index (χ0n) is 14.8. The Morgan fingerprint density at radius 3 is 2.50 bits per heavy atom. The van der Waals surface area contributed by atoms with Crippen LogP contribution < -0.4 is 0 Å². The number of carboxylic acids is 1. The second-order valence-electron chi connectivity index (χ2n) is 7.04. The van der Waals surface area contributed by atoms with Crippen LogP contribution in [0.25, 0.3) is 11.1 Å². The van der Waals surface area contributed by atoms with Gasteiger partial charge in [-0.05, 0) is 72.4 Å². The second kappa shape index (κ2) is 7.70. The minimum Gasteiger partial charge on any atom is -0.478 e. The molecule has 0 saturated heterocycles. The van der Waals surface area contributed by atoms with Crippen LogP contribution in [0, 0.1) is 23.1 Å². The van der Waals surface area contributed by atoms with Crippen LogP contribution in [0.1, 0.15) is 66.4 Å². The molecule has 0 aromatic heterocycles. The Bertz CT molecular complexity index is 861. The highest BCUT2D eigenvalue weighted by Crippen LogP contribution is 2.39. The molecule has 26 heavy (non-hydrogen) atoms. The van der Waals surface area contributed by atoms with Crippen LogP contribution in [0.2, 0.25) is 0 Å². The molecule has 0 spiro atoms. The van der Waals surface area contributed by atoms with E-state index in [-0.39, 0.29) is 11.1 Å². The van der Waals surface area contributed by atoms with Gasteiger partial charge in [-0.1, -0.05) is 31.5 Å². The summed E-state index contributed by atoms with van der Waals surface area (Å²) in [4.78, 5) is 11.6. The maximum atomic E-state index is 14.0. The molecule has 3 rings (SSSR count). The lowest BCUT2D eigenvalue weighted by Crippen LogP contribution is -2.13. The van der Waals surface area contributed by atoms with Gasteiger partial charge in [0.15, 0.2) is 0 Å². The maximum absolute atomic E-state index is 14.0. The molecule has 0 unspecified atom stereocenters. The second-order valence-corrected chi connectivity index (χ2v) is 7.04. The number of carboxylic acid groups (broad SMARTS) is 1. The first kappa shape index (κ1) is 18.1. The van der Waals surface area contributed by atoms with Crippen LogP contribution in [0.15, 0.2) is 36.4 Å². The van der Waals surface area contributed by atoms with Gasteiger partial charge in [0.05, 0.1) is 11.1 Å². The fourth-order valence-corrected chi connectivity index (χ4v) is 3.92. The van der Waals surface area contributed by atoms with E-state index in [2.05, 4.69) is 6.92 Å². The number of hydrogen-bond donors (Lipinski definition) is 1. The molecule has 0 radical (unpaired) electrons. The monoisotopic (exact) mass is 351 g/mol. The first-order valence-electron chi connectivity index (χ1n) is 9.10. The lowest BCUT2D eigenvalue weighted by Gasteiger charge is -2.28. The molecule has 0 heterocycles. The summed E-state index contributed by atoms with van der Waals surface area (Å²) in [5.74, 6) is -0.458. The van der Waals surface area contributed by atoms with Crippen LogP contribution in [0.5, 0.6) is 0 Å². The van der Waals surface area contributed by atoms with Gasteiger partial charge in [-0.25, -0.2) is 9.18 Å². The van der Waals surface area contributed by atoms with Gasteiger partial charge in [0.2, 0.25) is 0 Å². The Morgan fingerprint density at radius 2 is 1.92 bits per heavy atom. The zero-order valence-corrected chi connectivity index (χ0v) is 14.8. The number of carbonyl (C=O) groups is 1.